The highest BCUT2D eigenvalue weighted by Crippen LogP contribution is 2.45. The quantitative estimate of drug-likeness (QED) is 0.456. The molecular weight excluding hydrogens is 264 g/mol. The van der Waals surface area contributed by atoms with Gasteiger partial charge < -0.3 is 0 Å². The van der Waals surface area contributed by atoms with Gasteiger partial charge in [-0.05, 0) is 6.42 Å². The van der Waals surface area contributed by atoms with Gasteiger partial charge in [-0.1, -0.05) is 21.6 Å². The highest BCUT2D eigenvalue weighted by Gasteiger charge is 2.22. The van der Waals surface area contributed by atoms with E-state index in [1.807, 2.05) is 45.1 Å². The Morgan fingerprint density at radius 2 is 2.00 bits per heavy atom. The number of thioether (sulfide) groups is 2. The van der Waals surface area contributed by atoms with Crippen molar-refractivity contribution >= 4 is 70.4 Å². The molecule has 0 N–H and O–H groups in total. The number of hydrogen-bond donors (Lipinski definition) is 2. The molecule has 0 nitrogen and oxygen atoms in total. The molecule has 1 aliphatic heterocycles. The summed E-state index contributed by atoms with van der Waals surface area (Å²) in [6.07, 6.45) is 1.31. The molecule has 0 amide bonds. The maximum atomic E-state index is 4.24. The lowest BCUT2D eigenvalue weighted by atomic mass is 10.4. The Labute approximate surface area is 102 Å². The molecule has 0 aromatic rings. The van der Waals surface area contributed by atoms with Gasteiger partial charge in [-0.3, -0.25) is 0 Å². The first-order chi connectivity index (χ1) is 5.86. The average Bonchev–Trinajstić information content (AvgIpc) is 2.06. The molecule has 6 heteroatoms. The smallest absolute Gasteiger partial charge is 0.0625 e. The second kappa shape index (κ2) is 7.40. The molecule has 1 heterocycles. The van der Waals surface area contributed by atoms with E-state index in [1.165, 1.54) is 12.2 Å². The molecule has 1 fully saturated rings. The van der Waals surface area contributed by atoms with Crippen molar-refractivity contribution < 1.29 is 0 Å². The van der Waals surface area contributed by atoms with Crippen LogP contribution in [0.3, 0.4) is 0 Å². The van der Waals surface area contributed by atoms with Crippen LogP contribution in [0.4, 0.5) is 0 Å². The van der Waals surface area contributed by atoms with Crippen LogP contribution in [0.15, 0.2) is 0 Å². The molecule has 0 aromatic heterocycles. The maximum Gasteiger partial charge on any atom is 0.0625 e. The van der Waals surface area contributed by atoms with Gasteiger partial charge in [0, 0.05) is 21.2 Å². The van der Waals surface area contributed by atoms with E-state index in [0.29, 0.717) is 0 Å². The van der Waals surface area contributed by atoms with Gasteiger partial charge in [-0.2, -0.15) is 25.3 Å². The molecule has 0 bridgehead atoms. The summed E-state index contributed by atoms with van der Waals surface area (Å²) in [4.78, 5) is 0. The van der Waals surface area contributed by atoms with E-state index in [9.17, 15) is 0 Å². The molecule has 0 spiro atoms. The van der Waals surface area contributed by atoms with Crippen molar-refractivity contribution in [2.24, 2.45) is 0 Å². The van der Waals surface area contributed by atoms with Gasteiger partial charge in [-0.15, -0.1) is 23.5 Å². The van der Waals surface area contributed by atoms with Crippen LogP contribution in [0.2, 0.25) is 0 Å². The van der Waals surface area contributed by atoms with Gasteiger partial charge in [0.25, 0.3) is 0 Å². The number of hydrogen-bond acceptors (Lipinski definition) is 6. The standard InChI is InChI=1S/C6H12S6/c7-3-9-5-1-6(10-4-8)12-11-2-5/h5-8H,1-4H2. The highest BCUT2D eigenvalue weighted by molar-refractivity contribution is 8.78. The third-order valence-corrected chi connectivity index (χ3v) is 7.91. The zero-order valence-corrected chi connectivity index (χ0v) is 11.6. The topological polar surface area (TPSA) is 0 Å². The van der Waals surface area contributed by atoms with Crippen molar-refractivity contribution in [1.82, 2.24) is 0 Å². The Morgan fingerprint density at radius 1 is 1.25 bits per heavy atom. The molecule has 1 rings (SSSR count). The first kappa shape index (κ1) is 12.2. The molecule has 0 radical (unpaired) electrons. The van der Waals surface area contributed by atoms with Crippen LogP contribution in [-0.4, -0.2) is 25.8 Å². The molecule has 1 aliphatic rings. The van der Waals surface area contributed by atoms with Gasteiger partial charge in [0.1, 0.15) is 0 Å². The van der Waals surface area contributed by atoms with Gasteiger partial charge >= 0.3 is 0 Å². The number of rotatable bonds is 4. The summed E-state index contributed by atoms with van der Waals surface area (Å²) in [5, 5.41) is 2.70. The predicted octanol–water partition coefficient (Wildman–Crippen LogP) is 3.71. The molecular formula is C6H12S6. The van der Waals surface area contributed by atoms with Crippen molar-refractivity contribution in [1.29, 1.82) is 0 Å². The Balaban J connectivity index is 2.20. The van der Waals surface area contributed by atoms with Crippen LogP contribution in [0.5, 0.6) is 0 Å². The van der Waals surface area contributed by atoms with Crippen LogP contribution < -0.4 is 0 Å². The number of thiol groups is 2. The largest absolute Gasteiger partial charge is 0.168 e. The Morgan fingerprint density at radius 3 is 2.67 bits per heavy atom. The zero-order chi connectivity index (χ0) is 8.81. The third kappa shape index (κ3) is 4.55. The minimum atomic E-state index is 0.749. The fourth-order valence-corrected chi connectivity index (χ4v) is 8.23. The van der Waals surface area contributed by atoms with E-state index in [2.05, 4.69) is 25.3 Å². The summed E-state index contributed by atoms with van der Waals surface area (Å²) in [7, 11) is 4.01. The van der Waals surface area contributed by atoms with Crippen molar-refractivity contribution in [2.75, 3.05) is 15.9 Å². The van der Waals surface area contributed by atoms with E-state index < -0.39 is 0 Å². The summed E-state index contributed by atoms with van der Waals surface area (Å²) in [6.45, 7) is 0. The minimum absolute atomic E-state index is 0.749. The summed E-state index contributed by atoms with van der Waals surface area (Å²) in [6, 6.07) is 0. The molecule has 0 saturated carbocycles. The van der Waals surface area contributed by atoms with E-state index in [0.717, 1.165) is 20.0 Å². The fraction of sp³-hybridized carbons (Fsp3) is 1.00. The van der Waals surface area contributed by atoms with E-state index in [4.69, 9.17) is 0 Å². The van der Waals surface area contributed by atoms with Crippen molar-refractivity contribution in [3.63, 3.8) is 0 Å². The van der Waals surface area contributed by atoms with Crippen LogP contribution >= 0.6 is 70.4 Å². The average molecular weight is 277 g/mol. The van der Waals surface area contributed by atoms with Gasteiger partial charge in [-0.25, -0.2) is 0 Å². The Kier molecular flexibility index (Phi) is 7.50. The van der Waals surface area contributed by atoms with Gasteiger partial charge in [0.15, 0.2) is 0 Å². The summed E-state index contributed by atoms with van der Waals surface area (Å²) in [5.41, 5.74) is 0. The summed E-state index contributed by atoms with van der Waals surface area (Å²) in [5.74, 6) is 1.28. The fourth-order valence-electron chi connectivity index (χ4n) is 0.914. The van der Waals surface area contributed by atoms with E-state index in [1.54, 1.807) is 0 Å². The zero-order valence-electron chi connectivity index (χ0n) is 6.51. The van der Waals surface area contributed by atoms with E-state index >= 15 is 0 Å². The monoisotopic (exact) mass is 276 g/mol. The van der Waals surface area contributed by atoms with Gasteiger partial charge in [0.05, 0.1) is 4.58 Å². The highest BCUT2D eigenvalue weighted by atomic mass is 33.1. The lowest BCUT2D eigenvalue weighted by molar-refractivity contribution is 0.901. The van der Waals surface area contributed by atoms with Crippen LogP contribution in [-0.2, 0) is 0 Å². The molecule has 2 unspecified atom stereocenters. The van der Waals surface area contributed by atoms with Crippen LogP contribution in [0, 0.1) is 0 Å². The van der Waals surface area contributed by atoms with Crippen LogP contribution in [0.1, 0.15) is 6.42 Å². The molecule has 0 aliphatic carbocycles. The van der Waals surface area contributed by atoms with Crippen molar-refractivity contribution in [3.8, 4) is 0 Å². The summed E-state index contributed by atoms with van der Waals surface area (Å²) >= 11 is 12.4. The Bertz CT molecular complexity index is 103. The minimum Gasteiger partial charge on any atom is -0.168 e. The second-order valence-electron chi connectivity index (χ2n) is 2.26. The molecule has 0 aromatic carbocycles. The lowest BCUT2D eigenvalue weighted by Crippen LogP contribution is -2.16. The third-order valence-electron chi connectivity index (χ3n) is 1.46. The molecule has 12 heavy (non-hydrogen) atoms. The lowest BCUT2D eigenvalue weighted by Gasteiger charge is -2.26. The maximum absolute atomic E-state index is 4.24. The normalized spacial score (nSPS) is 30.5. The first-order valence-corrected chi connectivity index (χ1v) is 9.34. The summed E-state index contributed by atoms with van der Waals surface area (Å²) < 4.78 is 0.749. The van der Waals surface area contributed by atoms with Crippen molar-refractivity contribution in [2.45, 2.75) is 16.3 Å². The van der Waals surface area contributed by atoms with Gasteiger partial charge in [0.2, 0.25) is 0 Å². The molecule has 72 valence electrons. The SMILES string of the molecule is SCSC1CSSC(SCS)C1. The van der Waals surface area contributed by atoms with E-state index in [-0.39, 0.29) is 0 Å². The molecule has 2 atom stereocenters. The molecule has 1 saturated heterocycles. The predicted molar refractivity (Wildman–Crippen MR) is 75.1 cm³/mol. The second-order valence-corrected chi connectivity index (χ2v) is 9.14. The van der Waals surface area contributed by atoms with Crippen LogP contribution in [0.25, 0.3) is 0 Å². The first-order valence-electron chi connectivity index (χ1n) is 3.60. The van der Waals surface area contributed by atoms with Crippen molar-refractivity contribution in [3.05, 3.63) is 0 Å². The Hall–Kier alpha value is 2.10.